The van der Waals surface area contributed by atoms with Crippen molar-refractivity contribution in [3.8, 4) is 28.4 Å². The predicted octanol–water partition coefficient (Wildman–Crippen LogP) is 6.75. The van der Waals surface area contributed by atoms with Crippen molar-refractivity contribution in [3.63, 3.8) is 0 Å². The fourth-order valence-corrected chi connectivity index (χ4v) is 4.98. The fourth-order valence-electron chi connectivity index (χ4n) is 4.98. The van der Waals surface area contributed by atoms with Gasteiger partial charge in [-0.3, -0.25) is 4.79 Å². The summed E-state index contributed by atoms with van der Waals surface area (Å²) in [6, 6.07) is 21.1. The maximum Gasteiger partial charge on any atom is 0.210 e. The van der Waals surface area contributed by atoms with E-state index in [2.05, 4.69) is 18.7 Å². The Kier molecular flexibility index (Phi) is 9.44. The molecule has 4 rings (SSSR count). The third-order valence-electron chi connectivity index (χ3n) is 6.66. The van der Waals surface area contributed by atoms with E-state index in [9.17, 15) is 4.79 Å². The number of benzene rings is 2. The number of rotatable bonds is 14. The number of aromatic nitrogens is 1. The van der Waals surface area contributed by atoms with Gasteiger partial charge in [-0.2, -0.15) is 0 Å². The molecule has 200 valence electrons. The van der Waals surface area contributed by atoms with Crippen LogP contribution >= 0.6 is 0 Å². The van der Waals surface area contributed by atoms with Crippen molar-refractivity contribution in [3.05, 3.63) is 84.2 Å². The summed E-state index contributed by atoms with van der Waals surface area (Å²) in [6.07, 6.45) is 5.13. The monoisotopic (exact) mass is 514 g/mol. The van der Waals surface area contributed by atoms with Crippen LogP contribution in [0.5, 0.6) is 17.2 Å². The molecule has 6 nitrogen and oxygen atoms in total. The van der Waals surface area contributed by atoms with Crippen molar-refractivity contribution in [2.75, 3.05) is 40.5 Å². The summed E-state index contributed by atoms with van der Waals surface area (Å²) in [4.78, 5) is 16.5. The van der Waals surface area contributed by atoms with Gasteiger partial charge in [0.05, 0.1) is 31.9 Å². The van der Waals surface area contributed by atoms with Crippen LogP contribution in [0, 0.1) is 0 Å². The first-order valence-electron chi connectivity index (χ1n) is 13.4. The summed E-state index contributed by atoms with van der Waals surface area (Å²) in [5, 5.41) is 0. The lowest BCUT2D eigenvalue weighted by Gasteiger charge is -2.21. The third-order valence-corrected chi connectivity index (χ3v) is 6.66. The van der Waals surface area contributed by atoms with Gasteiger partial charge in [0.2, 0.25) is 5.78 Å². The van der Waals surface area contributed by atoms with Crippen molar-refractivity contribution in [2.45, 2.75) is 33.1 Å². The van der Waals surface area contributed by atoms with Crippen molar-refractivity contribution in [1.29, 1.82) is 0 Å². The van der Waals surface area contributed by atoms with E-state index >= 15 is 0 Å². The SMILES string of the molecule is CCCN(CCC)CCCOc1ccc(C(=O)c2c(-c3ccccc3)c(OC)c3ccccn23)cc1OC. The lowest BCUT2D eigenvalue weighted by molar-refractivity contribution is 0.103. The molecule has 0 saturated carbocycles. The molecule has 0 fully saturated rings. The molecule has 0 unspecified atom stereocenters. The largest absolute Gasteiger partial charge is 0.494 e. The lowest BCUT2D eigenvalue weighted by atomic mass is 9.99. The van der Waals surface area contributed by atoms with Crippen LogP contribution in [0.4, 0.5) is 0 Å². The topological polar surface area (TPSA) is 52.4 Å². The van der Waals surface area contributed by atoms with Crippen LogP contribution in [0.15, 0.2) is 72.9 Å². The minimum Gasteiger partial charge on any atom is -0.494 e. The number of hydrogen-bond donors (Lipinski definition) is 0. The van der Waals surface area contributed by atoms with E-state index in [1.165, 1.54) is 0 Å². The second kappa shape index (κ2) is 13.2. The highest BCUT2D eigenvalue weighted by molar-refractivity contribution is 6.14. The number of pyridine rings is 1. The molecule has 0 amide bonds. The summed E-state index contributed by atoms with van der Waals surface area (Å²) >= 11 is 0. The first-order chi connectivity index (χ1) is 18.6. The average Bonchev–Trinajstić information content (AvgIpc) is 3.30. The Morgan fingerprint density at radius 3 is 2.26 bits per heavy atom. The first-order valence-corrected chi connectivity index (χ1v) is 13.4. The predicted molar refractivity (Wildman–Crippen MR) is 153 cm³/mol. The smallest absolute Gasteiger partial charge is 0.210 e. The molecule has 0 aliphatic heterocycles. The van der Waals surface area contributed by atoms with Gasteiger partial charge in [-0.15, -0.1) is 0 Å². The van der Waals surface area contributed by atoms with Crippen molar-refractivity contribution >= 4 is 11.3 Å². The van der Waals surface area contributed by atoms with Crippen LogP contribution in [0.3, 0.4) is 0 Å². The molecule has 0 spiro atoms. The molecule has 2 aromatic carbocycles. The summed E-state index contributed by atoms with van der Waals surface area (Å²) in [6.45, 7) is 8.24. The number of fused-ring (bicyclic) bond motifs is 1. The standard InChI is InChI=1S/C32H38N2O4/c1-5-18-33(19-6-2)20-12-22-38-27-17-16-25(23-28(27)36-3)31(35)30-29(24-13-8-7-9-14-24)32(37-4)26-15-10-11-21-34(26)30/h7-11,13-17,21,23H,5-6,12,18-20,22H2,1-4H3. The Morgan fingerprint density at radius 2 is 1.58 bits per heavy atom. The molecule has 0 bridgehead atoms. The minimum absolute atomic E-state index is 0.118. The molecule has 0 N–H and O–H groups in total. The second-order valence-corrected chi connectivity index (χ2v) is 9.32. The van der Waals surface area contributed by atoms with E-state index < -0.39 is 0 Å². The zero-order valence-electron chi connectivity index (χ0n) is 22.9. The number of carbonyl (C=O) groups excluding carboxylic acids is 1. The molecule has 6 heteroatoms. The quantitative estimate of drug-likeness (QED) is 0.138. The van der Waals surface area contributed by atoms with Gasteiger partial charge in [-0.05, 0) is 68.2 Å². The van der Waals surface area contributed by atoms with Crippen molar-refractivity contribution in [1.82, 2.24) is 9.30 Å². The molecule has 0 radical (unpaired) electrons. The van der Waals surface area contributed by atoms with Crippen LogP contribution in [0.25, 0.3) is 16.6 Å². The number of ketones is 1. The van der Waals surface area contributed by atoms with Crippen molar-refractivity contribution < 1.29 is 19.0 Å². The summed E-state index contributed by atoms with van der Waals surface area (Å²) < 4.78 is 19.4. The van der Waals surface area contributed by atoms with Crippen LogP contribution in [-0.4, -0.2) is 55.5 Å². The molecule has 2 aromatic heterocycles. The Hall–Kier alpha value is -3.77. The molecule has 38 heavy (non-hydrogen) atoms. The Bertz CT molecular complexity index is 1340. The van der Waals surface area contributed by atoms with Crippen LogP contribution in [-0.2, 0) is 0 Å². The molecule has 4 aromatic rings. The van der Waals surface area contributed by atoms with Crippen LogP contribution < -0.4 is 14.2 Å². The highest BCUT2D eigenvalue weighted by Gasteiger charge is 2.26. The van der Waals surface area contributed by atoms with E-state index in [0.29, 0.717) is 35.1 Å². The van der Waals surface area contributed by atoms with E-state index in [-0.39, 0.29) is 5.78 Å². The van der Waals surface area contributed by atoms with E-state index in [1.807, 2.05) is 71.3 Å². The van der Waals surface area contributed by atoms with E-state index in [0.717, 1.165) is 55.5 Å². The van der Waals surface area contributed by atoms with Gasteiger partial charge >= 0.3 is 0 Å². The molecular weight excluding hydrogens is 476 g/mol. The van der Waals surface area contributed by atoms with Gasteiger partial charge in [0.1, 0.15) is 5.69 Å². The molecule has 0 aliphatic carbocycles. The van der Waals surface area contributed by atoms with E-state index in [4.69, 9.17) is 14.2 Å². The van der Waals surface area contributed by atoms with E-state index in [1.54, 1.807) is 20.3 Å². The fraction of sp³-hybridized carbons (Fsp3) is 0.344. The van der Waals surface area contributed by atoms with Crippen LogP contribution in [0.1, 0.15) is 49.2 Å². The average molecular weight is 515 g/mol. The zero-order valence-corrected chi connectivity index (χ0v) is 22.9. The minimum atomic E-state index is -0.118. The van der Waals surface area contributed by atoms with Gasteiger partial charge in [0, 0.05) is 18.3 Å². The second-order valence-electron chi connectivity index (χ2n) is 9.32. The Balaban J connectivity index is 1.62. The highest BCUT2D eigenvalue weighted by Crippen LogP contribution is 2.41. The first kappa shape index (κ1) is 27.3. The van der Waals surface area contributed by atoms with Gasteiger partial charge in [0.25, 0.3) is 0 Å². The maximum atomic E-state index is 14.0. The normalized spacial score (nSPS) is 11.2. The number of ether oxygens (including phenoxy) is 3. The van der Waals surface area contributed by atoms with Crippen molar-refractivity contribution in [2.24, 2.45) is 0 Å². The third kappa shape index (κ3) is 5.86. The van der Waals surface area contributed by atoms with Gasteiger partial charge in [-0.1, -0.05) is 50.2 Å². The number of carbonyl (C=O) groups is 1. The number of nitrogens with zero attached hydrogens (tertiary/aromatic N) is 2. The van der Waals surface area contributed by atoms with Crippen LogP contribution in [0.2, 0.25) is 0 Å². The molecule has 0 aliphatic rings. The molecule has 0 saturated heterocycles. The molecule has 0 atom stereocenters. The van der Waals surface area contributed by atoms with Gasteiger partial charge < -0.3 is 23.5 Å². The molecule has 2 heterocycles. The summed E-state index contributed by atoms with van der Waals surface area (Å²) in [5.41, 5.74) is 3.60. The summed E-state index contributed by atoms with van der Waals surface area (Å²) in [7, 11) is 3.24. The number of methoxy groups -OCH3 is 2. The summed E-state index contributed by atoms with van der Waals surface area (Å²) in [5.74, 6) is 1.74. The zero-order chi connectivity index (χ0) is 26.9. The number of hydrogen-bond acceptors (Lipinski definition) is 5. The van der Waals surface area contributed by atoms with Gasteiger partial charge in [-0.25, -0.2) is 0 Å². The molecular formula is C32H38N2O4. The maximum absolute atomic E-state index is 14.0. The Morgan fingerprint density at radius 1 is 0.842 bits per heavy atom. The van der Waals surface area contributed by atoms with Gasteiger partial charge in [0.15, 0.2) is 17.2 Å². The highest BCUT2D eigenvalue weighted by atomic mass is 16.5. The lowest BCUT2D eigenvalue weighted by Crippen LogP contribution is -2.27. The Labute approximate surface area is 225 Å².